The van der Waals surface area contributed by atoms with Crippen molar-refractivity contribution in [1.29, 1.82) is 0 Å². The minimum absolute atomic E-state index is 0.225. The van der Waals surface area contributed by atoms with Gasteiger partial charge in [0, 0.05) is 12.2 Å². The number of rotatable bonds is 6. The van der Waals surface area contributed by atoms with Crippen molar-refractivity contribution in [2.45, 2.75) is 12.6 Å². The number of hydrogen-bond donors (Lipinski definition) is 1. The van der Waals surface area contributed by atoms with E-state index in [9.17, 15) is 13.6 Å². The van der Waals surface area contributed by atoms with Gasteiger partial charge in [-0.25, -0.2) is 8.78 Å². The molecule has 5 heteroatoms. The lowest BCUT2D eigenvalue weighted by atomic mass is 10.0. The van der Waals surface area contributed by atoms with Crippen LogP contribution in [0.25, 0.3) is 0 Å². The number of nitrogens with one attached hydrogen (secondary N) is 1. The molecule has 1 amide bonds. The van der Waals surface area contributed by atoms with Crippen molar-refractivity contribution < 1.29 is 13.6 Å². The zero-order valence-corrected chi connectivity index (χ0v) is 14.9. The predicted molar refractivity (Wildman–Crippen MR) is 102 cm³/mol. The van der Waals surface area contributed by atoms with E-state index >= 15 is 0 Å². The Bertz CT molecular complexity index is 880. The Kier molecular flexibility index (Phi) is 5.94. The molecule has 3 aromatic carbocycles. The minimum Gasteiger partial charge on any atom is -0.324 e. The van der Waals surface area contributed by atoms with Crippen molar-refractivity contribution >= 4 is 11.6 Å². The molecule has 0 fully saturated rings. The Morgan fingerprint density at radius 1 is 0.889 bits per heavy atom. The Morgan fingerprint density at radius 2 is 1.44 bits per heavy atom. The number of halogens is 2. The fourth-order valence-electron chi connectivity index (χ4n) is 2.95. The highest BCUT2D eigenvalue weighted by atomic mass is 19.1. The molecule has 0 bridgehead atoms. The van der Waals surface area contributed by atoms with Crippen LogP contribution in [-0.2, 0) is 11.3 Å². The number of likely N-dealkylation sites (N-methyl/N-ethyl adjacent to an activating group) is 1. The van der Waals surface area contributed by atoms with E-state index in [0.29, 0.717) is 12.2 Å². The Labute approximate surface area is 157 Å². The molecule has 0 saturated heterocycles. The van der Waals surface area contributed by atoms with E-state index in [-0.39, 0.29) is 17.5 Å². The molecule has 138 valence electrons. The van der Waals surface area contributed by atoms with Crippen LogP contribution in [0.5, 0.6) is 0 Å². The fraction of sp³-hybridized carbons (Fsp3) is 0.136. The zero-order valence-electron chi connectivity index (χ0n) is 14.9. The summed E-state index contributed by atoms with van der Waals surface area (Å²) in [6.45, 7) is 0.469. The van der Waals surface area contributed by atoms with E-state index in [2.05, 4.69) is 5.32 Å². The van der Waals surface area contributed by atoms with Crippen molar-refractivity contribution in [2.24, 2.45) is 0 Å². The number of hydrogen-bond acceptors (Lipinski definition) is 2. The number of amides is 1. The summed E-state index contributed by atoms with van der Waals surface area (Å²) in [4.78, 5) is 14.9. The standard InChI is InChI=1S/C22H20F2N2O/c1-26(15-16-7-9-18(23)10-8-16)21(17-5-3-2-4-6-17)22(27)25-20-13-11-19(24)12-14-20/h2-14,21H,15H2,1H3,(H,25,27)/t21-/m0/s1. The summed E-state index contributed by atoms with van der Waals surface area (Å²) in [5, 5.41) is 2.84. The SMILES string of the molecule is CN(Cc1ccc(F)cc1)[C@H](C(=O)Nc1ccc(F)cc1)c1ccccc1. The van der Waals surface area contributed by atoms with E-state index in [1.807, 2.05) is 42.3 Å². The summed E-state index contributed by atoms with van der Waals surface area (Å²) in [5.74, 6) is -0.881. The van der Waals surface area contributed by atoms with E-state index < -0.39 is 6.04 Å². The van der Waals surface area contributed by atoms with Crippen molar-refractivity contribution in [3.63, 3.8) is 0 Å². The number of carbonyl (C=O) groups excluding carboxylic acids is 1. The van der Waals surface area contributed by atoms with E-state index in [4.69, 9.17) is 0 Å². The highest BCUT2D eigenvalue weighted by Crippen LogP contribution is 2.23. The first kappa shape index (κ1) is 18.7. The first-order chi connectivity index (χ1) is 13.0. The molecular weight excluding hydrogens is 346 g/mol. The Balaban J connectivity index is 1.82. The molecule has 3 rings (SSSR count). The van der Waals surface area contributed by atoms with Crippen LogP contribution in [0.3, 0.4) is 0 Å². The van der Waals surface area contributed by atoms with Gasteiger partial charge in [0.1, 0.15) is 17.7 Å². The Hall–Kier alpha value is -3.05. The number of anilines is 1. The van der Waals surface area contributed by atoms with E-state index in [0.717, 1.165) is 11.1 Å². The van der Waals surface area contributed by atoms with Crippen LogP contribution in [0.1, 0.15) is 17.2 Å². The number of benzene rings is 3. The third-order valence-electron chi connectivity index (χ3n) is 4.26. The van der Waals surface area contributed by atoms with E-state index in [1.165, 1.54) is 36.4 Å². The monoisotopic (exact) mass is 366 g/mol. The van der Waals surface area contributed by atoms with Gasteiger partial charge in [-0.3, -0.25) is 9.69 Å². The average Bonchev–Trinajstić information content (AvgIpc) is 2.66. The number of nitrogens with zero attached hydrogens (tertiary/aromatic N) is 1. The molecular formula is C22H20F2N2O. The summed E-state index contributed by atoms with van der Waals surface area (Å²) >= 11 is 0. The van der Waals surface area contributed by atoms with Crippen LogP contribution in [-0.4, -0.2) is 17.9 Å². The second-order valence-electron chi connectivity index (χ2n) is 6.35. The lowest BCUT2D eigenvalue weighted by molar-refractivity contribution is -0.121. The van der Waals surface area contributed by atoms with Crippen molar-refractivity contribution in [2.75, 3.05) is 12.4 Å². The molecule has 1 atom stereocenters. The second kappa shape index (κ2) is 8.56. The second-order valence-corrected chi connectivity index (χ2v) is 6.35. The van der Waals surface area contributed by atoms with Gasteiger partial charge in [-0.15, -0.1) is 0 Å². The van der Waals surface area contributed by atoms with Gasteiger partial charge in [0.2, 0.25) is 5.91 Å². The van der Waals surface area contributed by atoms with Gasteiger partial charge in [-0.1, -0.05) is 42.5 Å². The topological polar surface area (TPSA) is 32.3 Å². The maximum Gasteiger partial charge on any atom is 0.246 e. The third-order valence-corrected chi connectivity index (χ3v) is 4.26. The van der Waals surface area contributed by atoms with Gasteiger partial charge >= 0.3 is 0 Å². The maximum absolute atomic E-state index is 13.1. The van der Waals surface area contributed by atoms with Gasteiger partial charge in [0.15, 0.2) is 0 Å². The van der Waals surface area contributed by atoms with E-state index in [1.54, 1.807) is 12.1 Å². The lowest BCUT2D eigenvalue weighted by Crippen LogP contribution is -2.34. The van der Waals surface area contributed by atoms with Crippen LogP contribution in [0, 0.1) is 11.6 Å². The Morgan fingerprint density at radius 3 is 2.04 bits per heavy atom. The highest BCUT2D eigenvalue weighted by Gasteiger charge is 2.25. The molecule has 0 spiro atoms. The average molecular weight is 366 g/mol. The van der Waals surface area contributed by atoms with Gasteiger partial charge in [0.05, 0.1) is 0 Å². The fourth-order valence-corrected chi connectivity index (χ4v) is 2.95. The molecule has 3 nitrogen and oxygen atoms in total. The van der Waals surface area contributed by atoms with Crippen LogP contribution in [0.15, 0.2) is 78.9 Å². The molecule has 0 saturated carbocycles. The molecule has 0 radical (unpaired) electrons. The first-order valence-electron chi connectivity index (χ1n) is 8.59. The molecule has 0 aliphatic carbocycles. The van der Waals surface area contributed by atoms with Gasteiger partial charge in [0.25, 0.3) is 0 Å². The van der Waals surface area contributed by atoms with Gasteiger partial charge in [-0.2, -0.15) is 0 Å². The summed E-state index contributed by atoms with van der Waals surface area (Å²) in [5.41, 5.74) is 2.26. The van der Waals surface area contributed by atoms with Crippen molar-refractivity contribution in [3.8, 4) is 0 Å². The van der Waals surface area contributed by atoms with Crippen molar-refractivity contribution in [3.05, 3.63) is 102 Å². The molecule has 3 aromatic rings. The molecule has 0 aromatic heterocycles. The third kappa shape index (κ3) is 4.99. The quantitative estimate of drug-likeness (QED) is 0.681. The van der Waals surface area contributed by atoms with Gasteiger partial charge in [-0.05, 0) is 54.6 Å². The van der Waals surface area contributed by atoms with Gasteiger partial charge < -0.3 is 5.32 Å². The predicted octanol–water partition coefficient (Wildman–Crippen LogP) is 4.78. The summed E-state index contributed by atoms with van der Waals surface area (Å²) in [6, 6.07) is 20.7. The normalized spacial score (nSPS) is 12.0. The van der Waals surface area contributed by atoms with Crippen LogP contribution in [0.4, 0.5) is 14.5 Å². The zero-order chi connectivity index (χ0) is 19.2. The summed E-state index contributed by atoms with van der Waals surface area (Å²) in [6.07, 6.45) is 0. The first-order valence-corrected chi connectivity index (χ1v) is 8.59. The molecule has 27 heavy (non-hydrogen) atoms. The van der Waals surface area contributed by atoms with Crippen LogP contribution >= 0.6 is 0 Å². The molecule has 0 heterocycles. The lowest BCUT2D eigenvalue weighted by Gasteiger charge is -2.27. The summed E-state index contributed by atoms with van der Waals surface area (Å²) < 4.78 is 26.2. The smallest absolute Gasteiger partial charge is 0.246 e. The van der Waals surface area contributed by atoms with Crippen molar-refractivity contribution in [1.82, 2.24) is 4.90 Å². The summed E-state index contributed by atoms with van der Waals surface area (Å²) in [7, 11) is 1.84. The van der Waals surface area contributed by atoms with Crippen LogP contribution < -0.4 is 5.32 Å². The van der Waals surface area contributed by atoms with Crippen LogP contribution in [0.2, 0.25) is 0 Å². The number of carbonyl (C=O) groups is 1. The minimum atomic E-state index is -0.554. The maximum atomic E-state index is 13.1. The highest BCUT2D eigenvalue weighted by molar-refractivity contribution is 5.95. The molecule has 1 N–H and O–H groups in total. The molecule has 0 unspecified atom stereocenters. The molecule has 0 aliphatic rings. The molecule has 0 aliphatic heterocycles. The largest absolute Gasteiger partial charge is 0.324 e.